The van der Waals surface area contributed by atoms with Crippen LogP contribution in [0.15, 0.2) is 12.2 Å². The molecule has 0 aromatic carbocycles. The van der Waals surface area contributed by atoms with Crippen molar-refractivity contribution in [3.63, 3.8) is 0 Å². The van der Waals surface area contributed by atoms with E-state index in [9.17, 15) is 9.59 Å². The Morgan fingerprint density at radius 3 is 2.65 bits per heavy atom. The minimum atomic E-state index is -0.192. The molecule has 112 valence electrons. The van der Waals surface area contributed by atoms with Crippen molar-refractivity contribution >= 4 is 11.8 Å². The van der Waals surface area contributed by atoms with Crippen LogP contribution in [0.4, 0.5) is 0 Å². The number of carbonyl (C=O) groups excluding carboxylic acids is 2. The maximum Gasteiger partial charge on any atom is 0.309 e. The average Bonchev–Trinajstić information content (AvgIpc) is 2.95. The molecule has 4 heteroatoms. The SMILES string of the molecule is C=C(CCC(C)=O)C1CC(CCCC2OC2C)C(=O)O1. The van der Waals surface area contributed by atoms with Gasteiger partial charge >= 0.3 is 5.97 Å². The highest BCUT2D eigenvalue weighted by molar-refractivity contribution is 5.76. The van der Waals surface area contributed by atoms with E-state index in [4.69, 9.17) is 9.47 Å². The summed E-state index contributed by atoms with van der Waals surface area (Å²) in [6.45, 7) is 7.60. The number of esters is 1. The lowest BCUT2D eigenvalue weighted by molar-refractivity contribution is -0.143. The van der Waals surface area contributed by atoms with Crippen LogP contribution in [0, 0.1) is 5.92 Å². The standard InChI is InChI=1S/C16H24O4/c1-10(7-8-11(2)17)15-9-13(16(18)20-15)5-4-6-14-12(3)19-14/h12-15H,1,4-9H2,2-3H3. The molecule has 0 bridgehead atoms. The zero-order valence-electron chi connectivity index (χ0n) is 12.4. The number of epoxide rings is 1. The molecule has 2 saturated heterocycles. The van der Waals surface area contributed by atoms with Crippen LogP contribution in [0.3, 0.4) is 0 Å². The minimum Gasteiger partial charge on any atom is -0.458 e. The topological polar surface area (TPSA) is 55.9 Å². The molecule has 0 spiro atoms. The van der Waals surface area contributed by atoms with Crippen molar-refractivity contribution in [2.45, 2.75) is 70.7 Å². The van der Waals surface area contributed by atoms with E-state index in [0.29, 0.717) is 25.0 Å². The van der Waals surface area contributed by atoms with E-state index in [2.05, 4.69) is 13.5 Å². The Morgan fingerprint density at radius 1 is 1.35 bits per heavy atom. The molecule has 2 fully saturated rings. The molecule has 0 aromatic heterocycles. The summed E-state index contributed by atoms with van der Waals surface area (Å²) in [6.07, 6.45) is 5.31. The zero-order chi connectivity index (χ0) is 14.7. The number of hydrogen-bond donors (Lipinski definition) is 0. The highest BCUT2D eigenvalue weighted by Crippen LogP contribution is 2.33. The molecule has 0 saturated carbocycles. The Balaban J connectivity index is 1.69. The Hall–Kier alpha value is -1.16. The van der Waals surface area contributed by atoms with Crippen molar-refractivity contribution in [2.24, 2.45) is 5.92 Å². The summed E-state index contributed by atoms with van der Waals surface area (Å²) in [7, 11) is 0. The second-order valence-electron chi connectivity index (χ2n) is 6.03. The van der Waals surface area contributed by atoms with E-state index >= 15 is 0 Å². The second kappa shape index (κ2) is 6.53. The Kier molecular flexibility index (Phi) is 4.97. The summed E-state index contributed by atoms with van der Waals surface area (Å²) in [5.41, 5.74) is 0.871. The first-order chi connectivity index (χ1) is 9.47. The molecule has 4 unspecified atom stereocenters. The number of ether oxygens (including phenoxy) is 2. The largest absolute Gasteiger partial charge is 0.458 e. The van der Waals surface area contributed by atoms with Crippen LogP contribution in [0.2, 0.25) is 0 Å². The number of rotatable bonds is 8. The Bertz CT molecular complexity index is 401. The average molecular weight is 280 g/mol. The molecule has 2 heterocycles. The number of cyclic esters (lactones) is 1. The molecule has 0 N–H and O–H groups in total. The molecular formula is C16H24O4. The van der Waals surface area contributed by atoms with Crippen LogP contribution in [-0.2, 0) is 19.1 Å². The molecule has 20 heavy (non-hydrogen) atoms. The van der Waals surface area contributed by atoms with Gasteiger partial charge < -0.3 is 14.3 Å². The molecule has 0 aromatic rings. The third kappa shape index (κ3) is 4.17. The van der Waals surface area contributed by atoms with Gasteiger partial charge in [-0.2, -0.15) is 0 Å². The number of carbonyl (C=O) groups is 2. The Labute approximate surface area is 120 Å². The van der Waals surface area contributed by atoms with Gasteiger partial charge in [0, 0.05) is 12.8 Å². The fraction of sp³-hybridized carbons (Fsp3) is 0.750. The van der Waals surface area contributed by atoms with Gasteiger partial charge in [-0.1, -0.05) is 6.58 Å². The summed E-state index contributed by atoms with van der Waals surface area (Å²) < 4.78 is 10.7. The number of ketones is 1. The third-order valence-electron chi connectivity index (χ3n) is 4.22. The summed E-state index contributed by atoms with van der Waals surface area (Å²) in [5, 5.41) is 0. The van der Waals surface area contributed by atoms with Gasteiger partial charge in [-0.15, -0.1) is 0 Å². The van der Waals surface area contributed by atoms with Crippen molar-refractivity contribution in [1.82, 2.24) is 0 Å². The molecule has 2 rings (SSSR count). The summed E-state index contributed by atoms with van der Waals surface area (Å²) in [4.78, 5) is 22.8. The first kappa shape index (κ1) is 15.2. The zero-order valence-corrected chi connectivity index (χ0v) is 12.4. The number of hydrogen-bond acceptors (Lipinski definition) is 4. The molecule has 4 atom stereocenters. The van der Waals surface area contributed by atoms with Crippen LogP contribution in [0.5, 0.6) is 0 Å². The highest BCUT2D eigenvalue weighted by atomic mass is 16.6. The lowest BCUT2D eigenvalue weighted by atomic mass is 9.94. The molecule has 2 aliphatic heterocycles. The minimum absolute atomic E-state index is 0.0110. The van der Waals surface area contributed by atoms with E-state index < -0.39 is 0 Å². The van der Waals surface area contributed by atoms with Crippen molar-refractivity contribution in [3.8, 4) is 0 Å². The lowest BCUT2D eigenvalue weighted by Crippen LogP contribution is -2.10. The fourth-order valence-corrected chi connectivity index (χ4v) is 2.72. The first-order valence-electron chi connectivity index (χ1n) is 7.50. The van der Waals surface area contributed by atoms with E-state index in [-0.39, 0.29) is 23.8 Å². The number of Topliss-reactive ketones (excluding diaryl/α,β-unsaturated/α-hetero) is 1. The monoisotopic (exact) mass is 280 g/mol. The highest BCUT2D eigenvalue weighted by Gasteiger charge is 2.37. The van der Waals surface area contributed by atoms with E-state index in [1.165, 1.54) is 0 Å². The fourth-order valence-electron chi connectivity index (χ4n) is 2.72. The molecule has 0 aliphatic carbocycles. The predicted molar refractivity (Wildman–Crippen MR) is 75.2 cm³/mol. The third-order valence-corrected chi connectivity index (χ3v) is 4.22. The molecular weight excluding hydrogens is 256 g/mol. The van der Waals surface area contributed by atoms with Crippen LogP contribution in [0.1, 0.15) is 52.4 Å². The van der Waals surface area contributed by atoms with Gasteiger partial charge in [0.25, 0.3) is 0 Å². The smallest absolute Gasteiger partial charge is 0.309 e. The van der Waals surface area contributed by atoms with Gasteiger partial charge in [-0.05, 0) is 45.1 Å². The first-order valence-corrected chi connectivity index (χ1v) is 7.50. The molecule has 0 amide bonds. The normalized spacial score (nSPS) is 32.0. The van der Waals surface area contributed by atoms with E-state index in [0.717, 1.165) is 31.3 Å². The van der Waals surface area contributed by atoms with Crippen molar-refractivity contribution in [2.75, 3.05) is 0 Å². The molecule has 0 radical (unpaired) electrons. The predicted octanol–water partition coefficient (Wildman–Crippen LogP) is 2.80. The van der Waals surface area contributed by atoms with E-state index in [1.807, 2.05) is 0 Å². The Morgan fingerprint density at radius 2 is 2.05 bits per heavy atom. The summed E-state index contributed by atoms with van der Waals surface area (Å²) >= 11 is 0. The molecule has 2 aliphatic rings. The van der Waals surface area contributed by atoms with Crippen LogP contribution >= 0.6 is 0 Å². The van der Waals surface area contributed by atoms with Gasteiger partial charge in [0.15, 0.2) is 0 Å². The van der Waals surface area contributed by atoms with Crippen molar-refractivity contribution in [1.29, 1.82) is 0 Å². The summed E-state index contributed by atoms with van der Waals surface area (Å²) in [6, 6.07) is 0. The second-order valence-corrected chi connectivity index (χ2v) is 6.03. The molecule has 4 nitrogen and oxygen atoms in total. The van der Waals surface area contributed by atoms with Crippen LogP contribution in [0.25, 0.3) is 0 Å². The van der Waals surface area contributed by atoms with Gasteiger partial charge in [-0.25, -0.2) is 0 Å². The van der Waals surface area contributed by atoms with Gasteiger partial charge in [-0.3, -0.25) is 4.79 Å². The maximum atomic E-state index is 11.8. The van der Waals surface area contributed by atoms with Gasteiger partial charge in [0.1, 0.15) is 11.9 Å². The maximum absolute atomic E-state index is 11.8. The lowest BCUT2D eigenvalue weighted by Gasteiger charge is -2.11. The van der Waals surface area contributed by atoms with Crippen molar-refractivity contribution in [3.05, 3.63) is 12.2 Å². The van der Waals surface area contributed by atoms with Crippen LogP contribution in [-0.4, -0.2) is 30.1 Å². The quantitative estimate of drug-likeness (QED) is 0.390. The van der Waals surface area contributed by atoms with Crippen molar-refractivity contribution < 1.29 is 19.1 Å². The van der Waals surface area contributed by atoms with Gasteiger partial charge in [0.05, 0.1) is 18.1 Å². The van der Waals surface area contributed by atoms with E-state index in [1.54, 1.807) is 6.92 Å². The summed E-state index contributed by atoms with van der Waals surface area (Å²) in [5.74, 6) is 0.0254. The van der Waals surface area contributed by atoms with Crippen LogP contribution < -0.4 is 0 Å². The van der Waals surface area contributed by atoms with Gasteiger partial charge in [0.2, 0.25) is 0 Å².